The highest BCUT2D eigenvalue weighted by Crippen LogP contribution is 2.44. The van der Waals surface area contributed by atoms with Crippen LogP contribution in [0.1, 0.15) is 0 Å². The number of alkyl halides is 1. The van der Waals surface area contributed by atoms with Gasteiger partial charge in [-0.3, -0.25) is 4.79 Å². The van der Waals surface area contributed by atoms with Crippen molar-refractivity contribution in [3.8, 4) is 22.6 Å². The highest BCUT2D eigenvalue weighted by molar-refractivity contribution is 6.26. The van der Waals surface area contributed by atoms with Gasteiger partial charge in [-0.15, -0.1) is 11.6 Å². The number of carbonyl (C=O) groups is 1. The Morgan fingerprint density at radius 3 is 2.04 bits per heavy atom. The predicted octanol–water partition coefficient (Wildman–Crippen LogP) is 5.51. The average Bonchev–Trinajstić information content (AvgIpc) is 2.68. The zero-order chi connectivity index (χ0) is 18.1. The van der Waals surface area contributed by atoms with Crippen LogP contribution in [0.2, 0.25) is 0 Å². The van der Waals surface area contributed by atoms with Crippen LogP contribution >= 0.6 is 11.6 Å². The van der Waals surface area contributed by atoms with E-state index in [1.165, 1.54) is 0 Å². The first kappa shape index (κ1) is 16.4. The maximum Gasteiger partial charge on any atom is 0.326 e. The third kappa shape index (κ3) is 2.76. The summed E-state index contributed by atoms with van der Waals surface area (Å²) in [6.07, 6.45) is 0. The average molecular weight is 363 g/mol. The molecule has 0 heterocycles. The minimum absolute atomic E-state index is 0.128. The van der Waals surface area contributed by atoms with Gasteiger partial charge in [-0.25, -0.2) is 0 Å². The molecule has 4 aromatic rings. The standard InChI is InChI=1S/C22H15ClO3/c23-13-20(25)26-19-12-10-15-6-2-4-8-17(15)22(19)21-16-7-3-1-5-14(16)9-11-18(21)24/h1-12,24H,13H2. The van der Waals surface area contributed by atoms with E-state index in [0.29, 0.717) is 16.9 Å². The van der Waals surface area contributed by atoms with Crippen LogP contribution in [-0.2, 0) is 4.79 Å². The van der Waals surface area contributed by atoms with Gasteiger partial charge in [0.25, 0.3) is 0 Å². The Bertz CT molecular complexity index is 1130. The van der Waals surface area contributed by atoms with Gasteiger partial charge >= 0.3 is 5.97 Å². The van der Waals surface area contributed by atoms with Crippen molar-refractivity contribution in [2.24, 2.45) is 0 Å². The first-order valence-electron chi connectivity index (χ1n) is 8.18. The number of ether oxygens (including phenoxy) is 1. The van der Waals surface area contributed by atoms with E-state index in [0.717, 1.165) is 21.5 Å². The lowest BCUT2D eigenvalue weighted by molar-refractivity contribution is -0.131. The van der Waals surface area contributed by atoms with E-state index in [1.54, 1.807) is 12.1 Å². The molecule has 0 saturated carbocycles. The lowest BCUT2D eigenvalue weighted by Gasteiger charge is -2.16. The third-order valence-electron chi connectivity index (χ3n) is 4.38. The summed E-state index contributed by atoms with van der Waals surface area (Å²) in [5.41, 5.74) is 1.31. The second kappa shape index (κ2) is 6.70. The Labute approximate surface area is 155 Å². The number of rotatable bonds is 3. The number of fused-ring (bicyclic) bond motifs is 2. The maximum atomic E-state index is 11.8. The fourth-order valence-corrected chi connectivity index (χ4v) is 3.32. The molecule has 0 radical (unpaired) electrons. The van der Waals surface area contributed by atoms with Crippen molar-refractivity contribution in [3.05, 3.63) is 72.8 Å². The van der Waals surface area contributed by atoms with Crippen LogP contribution in [0.15, 0.2) is 72.8 Å². The van der Waals surface area contributed by atoms with Crippen LogP contribution < -0.4 is 4.74 Å². The second-order valence-corrected chi connectivity index (χ2v) is 6.22. The predicted molar refractivity (Wildman–Crippen MR) is 105 cm³/mol. The molecule has 4 aromatic carbocycles. The summed E-state index contributed by atoms with van der Waals surface area (Å²) in [6, 6.07) is 22.7. The molecule has 0 bridgehead atoms. The Morgan fingerprint density at radius 2 is 1.38 bits per heavy atom. The zero-order valence-electron chi connectivity index (χ0n) is 13.8. The molecule has 1 N–H and O–H groups in total. The number of hydrogen-bond acceptors (Lipinski definition) is 3. The van der Waals surface area contributed by atoms with E-state index < -0.39 is 5.97 Å². The van der Waals surface area contributed by atoms with Gasteiger partial charge in [0, 0.05) is 11.1 Å². The Hall–Kier alpha value is -3.04. The smallest absolute Gasteiger partial charge is 0.326 e. The molecule has 0 aliphatic carbocycles. The van der Waals surface area contributed by atoms with Crippen LogP contribution in [0.3, 0.4) is 0 Å². The number of phenols is 1. The molecule has 3 nitrogen and oxygen atoms in total. The largest absolute Gasteiger partial charge is 0.507 e. The molecule has 128 valence electrons. The van der Waals surface area contributed by atoms with Gasteiger partial charge < -0.3 is 9.84 Å². The van der Waals surface area contributed by atoms with Crippen molar-refractivity contribution >= 4 is 39.1 Å². The molecule has 0 aromatic heterocycles. The molecule has 0 unspecified atom stereocenters. The Kier molecular flexibility index (Phi) is 4.23. The molecule has 0 spiro atoms. The molecule has 4 heteroatoms. The van der Waals surface area contributed by atoms with Gasteiger partial charge in [0.2, 0.25) is 0 Å². The summed E-state index contributed by atoms with van der Waals surface area (Å²) in [4.78, 5) is 11.8. The monoisotopic (exact) mass is 362 g/mol. The maximum absolute atomic E-state index is 11.8. The van der Waals surface area contributed by atoms with Crippen molar-refractivity contribution in [3.63, 3.8) is 0 Å². The van der Waals surface area contributed by atoms with Gasteiger partial charge in [-0.1, -0.05) is 60.7 Å². The van der Waals surface area contributed by atoms with E-state index in [9.17, 15) is 9.90 Å². The molecular weight excluding hydrogens is 348 g/mol. The van der Waals surface area contributed by atoms with E-state index in [1.807, 2.05) is 60.7 Å². The van der Waals surface area contributed by atoms with E-state index in [2.05, 4.69) is 0 Å². The quantitative estimate of drug-likeness (QED) is 0.297. The molecule has 0 atom stereocenters. The van der Waals surface area contributed by atoms with Crippen molar-refractivity contribution in [1.29, 1.82) is 0 Å². The molecule has 0 fully saturated rings. The molecule has 4 rings (SSSR count). The molecule has 0 amide bonds. The van der Waals surface area contributed by atoms with Gasteiger partial charge in [0.1, 0.15) is 17.4 Å². The summed E-state index contributed by atoms with van der Waals surface area (Å²) < 4.78 is 5.48. The van der Waals surface area contributed by atoms with Crippen molar-refractivity contribution < 1.29 is 14.6 Å². The van der Waals surface area contributed by atoms with Crippen LogP contribution in [-0.4, -0.2) is 17.0 Å². The van der Waals surface area contributed by atoms with Crippen molar-refractivity contribution in [2.75, 3.05) is 5.88 Å². The fraction of sp³-hybridized carbons (Fsp3) is 0.0455. The van der Waals surface area contributed by atoms with Gasteiger partial charge in [-0.05, 0) is 33.7 Å². The van der Waals surface area contributed by atoms with Crippen LogP contribution in [0.25, 0.3) is 32.7 Å². The number of benzene rings is 4. The Balaban J connectivity index is 2.12. The minimum atomic E-state index is -0.539. The minimum Gasteiger partial charge on any atom is -0.507 e. The summed E-state index contributed by atoms with van der Waals surface area (Å²) >= 11 is 5.62. The summed E-state index contributed by atoms with van der Waals surface area (Å²) in [5, 5.41) is 14.4. The molecular formula is C22H15ClO3. The summed E-state index contributed by atoms with van der Waals surface area (Å²) in [6.45, 7) is 0. The Morgan fingerprint density at radius 1 is 0.808 bits per heavy atom. The van der Waals surface area contributed by atoms with Gasteiger partial charge in [0.15, 0.2) is 0 Å². The fourth-order valence-electron chi connectivity index (χ4n) is 3.27. The second-order valence-electron chi connectivity index (χ2n) is 5.95. The van der Waals surface area contributed by atoms with Crippen LogP contribution in [0.4, 0.5) is 0 Å². The summed E-state index contributed by atoms with van der Waals surface area (Å²) in [5.74, 6) is -0.277. The van der Waals surface area contributed by atoms with Crippen LogP contribution in [0, 0.1) is 0 Å². The van der Waals surface area contributed by atoms with Crippen molar-refractivity contribution in [2.45, 2.75) is 0 Å². The molecule has 26 heavy (non-hydrogen) atoms. The first-order chi connectivity index (χ1) is 12.7. The van der Waals surface area contributed by atoms with E-state index >= 15 is 0 Å². The number of aromatic hydroxyl groups is 1. The van der Waals surface area contributed by atoms with Crippen LogP contribution in [0.5, 0.6) is 11.5 Å². The molecule has 0 aliphatic rings. The van der Waals surface area contributed by atoms with Gasteiger partial charge in [-0.2, -0.15) is 0 Å². The van der Waals surface area contributed by atoms with E-state index in [4.69, 9.17) is 16.3 Å². The van der Waals surface area contributed by atoms with Gasteiger partial charge in [0.05, 0.1) is 0 Å². The molecule has 0 saturated heterocycles. The van der Waals surface area contributed by atoms with E-state index in [-0.39, 0.29) is 11.6 Å². The number of halogens is 1. The number of hydrogen-bond donors (Lipinski definition) is 1. The zero-order valence-corrected chi connectivity index (χ0v) is 14.5. The highest BCUT2D eigenvalue weighted by Gasteiger charge is 2.19. The third-order valence-corrected chi connectivity index (χ3v) is 4.60. The first-order valence-corrected chi connectivity index (χ1v) is 8.72. The number of phenolic OH excluding ortho intramolecular Hbond substituents is 1. The lowest BCUT2D eigenvalue weighted by Crippen LogP contribution is -2.09. The number of carbonyl (C=O) groups excluding carboxylic acids is 1. The lowest BCUT2D eigenvalue weighted by atomic mass is 9.92. The highest BCUT2D eigenvalue weighted by atomic mass is 35.5. The summed E-state index contributed by atoms with van der Waals surface area (Å²) in [7, 11) is 0. The SMILES string of the molecule is O=C(CCl)Oc1ccc2ccccc2c1-c1c(O)ccc2ccccc12. The molecule has 0 aliphatic heterocycles. The topological polar surface area (TPSA) is 46.5 Å². The normalized spacial score (nSPS) is 11.0. The van der Waals surface area contributed by atoms with Crippen molar-refractivity contribution in [1.82, 2.24) is 0 Å². The number of esters is 1.